The van der Waals surface area contributed by atoms with E-state index in [4.69, 9.17) is 0 Å². The standard InChI is InChI=1S/C23H29FN2O/c24-20-13-11-18(12-14-20)16-25-15-5-10-22(25)17-26(21-8-2-1-3-9-21)23(27)19-6-4-7-19/h5,10-15,19,21H,1-4,6-9,16-17H2. The number of hydrogen-bond acceptors (Lipinski definition) is 1. The fourth-order valence-electron chi connectivity index (χ4n) is 4.38. The highest BCUT2D eigenvalue weighted by atomic mass is 19.1. The van der Waals surface area contributed by atoms with Crippen LogP contribution < -0.4 is 0 Å². The minimum Gasteiger partial charge on any atom is -0.345 e. The molecule has 2 aromatic rings. The van der Waals surface area contributed by atoms with Crippen molar-refractivity contribution in [3.8, 4) is 0 Å². The van der Waals surface area contributed by atoms with E-state index in [0.717, 1.165) is 36.9 Å². The summed E-state index contributed by atoms with van der Waals surface area (Å²) in [4.78, 5) is 15.3. The molecule has 0 spiro atoms. The molecule has 2 aliphatic carbocycles. The molecule has 2 fully saturated rings. The molecular formula is C23H29FN2O. The van der Waals surface area contributed by atoms with E-state index >= 15 is 0 Å². The Kier molecular flexibility index (Phi) is 5.61. The summed E-state index contributed by atoms with van der Waals surface area (Å²) in [5.74, 6) is 0.399. The van der Waals surface area contributed by atoms with E-state index in [1.165, 1.54) is 37.8 Å². The number of amides is 1. The summed E-state index contributed by atoms with van der Waals surface area (Å²) >= 11 is 0. The van der Waals surface area contributed by atoms with E-state index in [1.54, 1.807) is 0 Å². The number of aromatic nitrogens is 1. The van der Waals surface area contributed by atoms with Gasteiger partial charge in [-0.05, 0) is 55.5 Å². The Hall–Kier alpha value is -2.10. The summed E-state index contributed by atoms with van der Waals surface area (Å²) in [5, 5.41) is 0. The summed E-state index contributed by atoms with van der Waals surface area (Å²) in [6, 6.07) is 11.2. The van der Waals surface area contributed by atoms with E-state index in [9.17, 15) is 9.18 Å². The van der Waals surface area contributed by atoms with Crippen molar-refractivity contribution in [3.05, 3.63) is 59.7 Å². The molecule has 3 nitrogen and oxygen atoms in total. The van der Waals surface area contributed by atoms with Gasteiger partial charge in [-0.3, -0.25) is 4.79 Å². The average Bonchev–Trinajstić information content (AvgIpc) is 3.07. The van der Waals surface area contributed by atoms with E-state index in [1.807, 2.05) is 18.2 Å². The zero-order chi connectivity index (χ0) is 18.6. The highest BCUT2D eigenvalue weighted by Crippen LogP contribution is 2.32. The molecule has 0 N–H and O–H groups in total. The molecule has 4 heteroatoms. The Labute approximate surface area is 161 Å². The second-order valence-electron chi connectivity index (χ2n) is 8.14. The zero-order valence-electron chi connectivity index (χ0n) is 15.9. The van der Waals surface area contributed by atoms with Gasteiger partial charge in [-0.25, -0.2) is 4.39 Å². The van der Waals surface area contributed by atoms with Gasteiger partial charge in [-0.15, -0.1) is 0 Å². The summed E-state index contributed by atoms with van der Waals surface area (Å²) in [7, 11) is 0. The maximum atomic E-state index is 13.2. The Balaban J connectivity index is 1.51. The van der Waals surface area contributed by atoms with E-state index < -0.39 is 0 Å². The normalized spacial score (nSPS) is 18.3. The molecule has 4 rings (SSSR count). The lowest BCUT2D eigenvalue weighted by Gasteiger charge is -2.39. The van der Waals surface area contributed by atoms with Gasteiger partial charge in [0.1, 0.15) is 5.82 Å². The van der Waals surface area contributed by atoms with Crippen LogP contribution in [0.1, 0.15) is 62.6 Å². The maximum Gasteiger partial charge on any atom is 0.226 e. The van der Waals surface area contributed by atoms with Crippen molar-refractivity contribution in [1.82, 2.24) is 9.47 Å². The summed E-state index contributed by atoms with van der Waals surface area (Å²) < 4.78 is 15.4. The summed E-state index contributed by atoms with van der Waals surface area (Å²) in [5.41, 5.74) is 2.24. The van der Waals surface area contributed by atoms with Crippen molar-refractivity contribution < 1.29 is 9.18 Å². The van der Waals surface area contributed by atoms with Gasteiger partial charge in [0.05, 0.1) is 6.54 Å². The van der Waals surface area contributed by atoms with Crippen LogP contribution >= 0.6 is 0 Å². The molecule has 0 bridgehead atoms. The van der Waals surface area contributed by atoms with Crippen molar-refractivity contribution >= 4 is 5.91 Å². The third-order valence-corrected chi connectivity index (χ3v) is 6.28. The fourth-order valence-corrected chi connectivity index (χ4v) is 4.38. The SMILES string of the molecule is O=C(C1CCC1)N(Cc1cccn1Cc1ccc(F)cc1)C1CCCCC1. The van der Waals surface area contributed by atoms with Crippen LogP contribution in [0.25, 0.3) is 0 Å². The van der Waals surface area contributed by atoms with Crippen molar-refractivity contribution in [2.75, 3.05) is 0 Å². The molecule has 2 saturated carbocycles. The lowest BCUT2D eigenvalue weighted by Crippen LogP contribution is -2.45. The fraction of sp³-hybridized carbons (Fsp3) is 0.522. The Morgan fingerprint density at radius 3 is 2.41 bits per heavy atom. The number of halogens is 1. The van der Waals surface area contributed by atoms with Gasteiger partial charge >= 0.3 is 0 Å². The van der Waals surface area contributed by atoms with Crippen molar-refractivity contribution in [2.45, 2.75) is 70.5 Å². The highest BCUT2D eigenvalue weighted by molar-refractivity contribution is 5.80. The van der Waals surface area contributed by atoms with Crippen LogP contribution in [0.4, 0.5) is 4.39 Å². The van der Waals surface area contributed by atoms with Gasteiger partial charge < -0.3 is 9.47 Å². The van der Waals surface area contributed by atoms with E-state index in [-0.39, 0.29) is 11.7 Å². The third-order valence-electron chi connectivity index (χ3n) is 6.28. The second kappa shape index (κ2) is 8.28. The maximum absolute atomic E-state index is 13.2. The molecule has 144 valence electrons. The first-order valence-corrected chi connectivity index (χ1v) is 10.4. The van der Waals surface area contributed by atoms with Crippen LogP contribution in [0.5, 0.6) is 0 Å². The molecule has 0 aliphatic heterocycles. The third kappa shape index (κ3) is 4.26. The number of carbonyl (C=O) groups is 1. The largest absolute Gasteiger partial charge is 0.345 e. The van der Waals surface area contributed by atoms with E-state index in [0.29, 0.717) is 25.0 Å². The molecule has 1 amide bonds. The zero-order valence-corrected chi connectivity index (χ0v) is 15.9. The van der Waals surface area contributed by atoms with Crippen LogP contribution in [0.3, 0.4) is 0 Å². The first-order chi connectivity index (χ1) is 13.2. The monoisotopic (exact) mass is 368 g/mol. The van der Waals surface area contributed by atoms with Gasteiger partial charge in [0.15, 0.2) is 0 Å². The van der Waals surface area contributed by atoms with Crippen LogP contribution in [0, 0.1) is 11.7 Å². The number of hydrogen-bond donors (Lipinski definition) is 0. The lowest BCUT2D eigenvalue weighted by molar-refractivity contribution is -0.142. The number of benzene rings is 1. The minimum atomic E-state index is -0.207. The van der Waals surface area contributed by atoms with Crippen molar-refractivity contribution in [3.63, 3.8) is 0 Å². The first kappa shape index (κ1) is 18.3. The summed E-state index contributed by atoms with van der Waals surface area (Å²) in [6.45, 7) is 1.40. The Morgan fingerprint density at radius 1 is 1.00 bits per heavy atom. The van der Waals surface area contributed by atoms with Gasteiger partial charge in [-0.2, -0.15) is 0 Å². The van der Waals surface area contributed by atoms with Gasteiger partial charge in [-0.1, -0.05) is 37.8 Å². The molecule has 0 radical (unpaired) electrons. The lowest BCUT2D eigenvalue weighted by atomic mass is 9.83. The van der Waals surface area contributed by atoms with Crippen LogP contribution in [-0.4, -0.2) is 21.4 Å². The average molecular weight is 368 g/mol. The second-order valence-corrected chi connectivity index (χ2v) is 8.14. The molecular weight excluding hydrogens is 339 g/mol. The van der Waals surface area contributed by atoms with Gasteiger partial charge in [0.2, 0.25) is 5.91 Å². The van der Waals surface area contributed by atoms with E-state index in [2.05, 4.69) is 21.7 Å². The molecule has 1 aromatic heterocycles. The van der Waals surface area contributed by atoms with Crippen molar-refractivity contribution in [2.24, 2.45) is 5.92 Å². The number of nitrogens with zero attached hydrogens (tertiary/aromatic N) is 2. The molecule has 1 heterocycles. The number of carbonyl (C=O) groups excluding carboxylic acids is 1. The predicted molar refractivity (Wildman–Crippen MR) is 105 cm³/mol. The first-order valence-electron chi connectivity index (χ1n) is 10.4. The minimum absolute atomic E-state index is 0.207. The summed E-state index contributed by atoms with van der Waals surface area (Å²) in [6.07, 6.45) is 11.4. The molecule has 27 heavy (non-hydrogen) atoms. The highest BCUT2D eigenvalue weighted by Gasteiger charge is 2.34. The van der Waals surface area contributed by atoms with Crippen LogP contribution in [0.2, 0.25) is 0 Å². The Bertz CT molecular complexity index is 757. The van der Waals surface area contributed by atoms with Gasteiger partial charge in [0, 0.05) is 30.4 Å². The molecule has 0 unspecified atom stereocenters. The quantitative estimate of drug-likeness (QED) is 0.693. The molecule has 0 atom stereocenters. The van der Waals surface area contributed by atoms with Crippen LogP contribution in [0.15, 0.2) is 42.6 Å². The van der Waals surface area contributed by atoms with Crippen molar-refractivity contribution in [1.29, 1.82) is 0 Å². The Morgan fingerprint density at radius 2 is 1.74 bits per heavy atom. The molecule has 1 aromatic carbocycles. The number of rotatable bonds is 6. The van der Waals surface area contributed by atoms with Gasteiger partial charge in [0.25, 0.3) is 0 Å². The molecule has 0 saturated heterocycles. The van der Waals surface area contributed by atoms with Crippen LogP contribution in [-0.2, 0) is 17.9 Å². The smallest absolute Gasteiger partial charge is 0.226 e. The topological polar surface area (TPSA) is 25.2 Å². The molecule has 2 aliphatic rings. The predicted octanol–water partition coefficient (Wildman–Crippen LogP) is 5.14.